The van der Waals surface area contributed by atoms with Crippen LogP contribution in [0.15, 0.2) is 34.9 Å². The van der Waals surface area contributed by atoms with Crippen molar-refractivity contribution in [1.82, 2.24) is 0 Å². The molecule has 0 aliphatic carbocycles. The number of aryl methyl sites for hydroxylation is 1. The Morgan fingerprint density at radius 2 is 2.05 bits per heavy atom. The monoisotopic (exact) mass is 257 g/mol. The molecule has 0 amide bonds. The van der Waals surface area contributed by atoms with E-state index in [0.717, 1.165) is 29.2 Å². The Bertz CT molecular complexity index is 613. The lowest BCUT2D eigenvalue weighted by atomic mass is 9.85. The highest BCUT2D eigenvalue weighted by molar-refractivity contribution is 5.47. The molecule has 0 spiro atoms. The van der Waals surface area contributed by atoms with Gasteiger partial charge in [0.15, 0.2) is 0 Å². The second-order valence-electron chi connectivity index (χ2n) is 5.84. The van der Waals surface area contributed by atoms with Crippen LogP contribution in [0.5, 0.6) is 5.75 Å². The molecule has 1 aliphatic heterocycles. The first-order valence-corrected chi connectivity index (χ1v) is 6.56. The van der Waals surface area contributed by atoms with E-state index in [4.69, 9.17) is 14.9 Å². The molecule has 1 aromatic heterocycles. The van der Waals surface area contributed by atoms with Crippen LogP contribution in [0.2, 0.25) is 0 Å². The van der Waals surface area contributed by atoms with Crippen molar-refractivity contribution in [2.75, 3.05) is 6.61 Å². The molecule has 0 saturated heterocycles. The van der Waals surface area contributed by atoms with Crippen molar-refractivity contribution in [3.05, 3.63) is 53.0 Å². The highest BCUT2D eigenvalue weighted by atomic mass is 16.5. The molecule has 1 aliphatic rings. The molecule has 1 unspecified atom stereocenters. The standard InChI is InChI=1S/C16H19NO2/c1-10-12(6-7-18-10)15(17)11-4-5-14-13(8-11)16(2,3)9-19-14/h4-8,15H,9,17H2,1-3H3. The summed E-state index contributed by atoms with van der Waals surface area (Å²) in [5.74, 6) is 1.85. The van der Waals surface area contributed by atoms with Gasteiger partial charge in [0.2, 0.25) is 0 Å². The molecule has 2 aromatic rings. The first-order valence-electron chi connectivity index (χ1n) is 6.56. The quantitative estimate of drug-likeness (QED) is 0.898. The molecule has 1 aromatic carbocycles. The number of rotatable bonds is 2. The first kappa shape index (κ1) is 12.3. The lowest BCUT2D eigenvalue weighted by Crippen LogP contribution is -2.19. The number of hydrogen-bond acceptors (Lipinski definition) is 3. The molecule has 1 atom stereocenters. The summed E-state index contributed by atoms with van der Waals surface area (Å²) >= 11 is 0. The summed E-state index contributed by atoms with van der Waals surface area (Å²) < 4.78 is 11.0. The lowest BCUT2D eigenvalue weighted by Gasteiger charge is -2.18. The molecular formula is C16H19NO2. The molecule has 100 valence electrons. The van der Waals surface area contributed by atoms with Gasteiger partial charge in [0.25, 0.3) is 0 Å². The predicted molar refractivity (Wildman–Crippen MR) is 74.4 cm³/mol. The lowest BCUT2D eigenvalue weighted by molar-refractivity contribution is 0.291. The third kappa shape index (κ3) is 1.94. The van der Waals surface area contributed by atoms with Crippen LogP contribution in [0, 0.1) is 6.92 Å². The zero-order valence-corrected chi connectivity index (χ0v) is 11.6. The summed E-state index contributed by atoms with van der Waals surface area (Å²) in [6, 6.07) is 8.01. The Morgan fingerprint density at radius 3 is 2.74 bits per heavy atom. The minimum absolute atomic E-state index is 0.0521. The van der Waals surface area contributed by atoms with E-state index in [1.165, 1.54) is 5.56 Å². The summed E-state index contributed by atoms with van der Waals surface area (Å²) in [6.45, 7) is 7.05. The molecular weight excluding hydrogens is 238 g/mol. The zero-order valence-electron chi connectivity index (χ0n) is 11.6. The minimum atomic E-state index is -0.152. The van der Waals surface area contributed by atoms with Crippen molar-refractivity contribution in [1.29, 1.82) is 0 Å². The number of ether oxygens (including phenoxy) is 1. The number of nitrogens with two attached hydrogens (primary N) is 1. The summed E-state index contributed by atoms with van der Waals surface area (Å²) in [5.41, 5.74) is 9.77. The van der Waals surface area contributed by atoms with Gasteiger partial charge in [-0.15, -0.1) is 0 Å². The molecule has 3 heteroatoms. The Morgan fingerprint density at radius 1 is 1.26 bits per heavy atom. The van der Waals surface area contributed by atoms with E-state index in [-0.39, 0.29) is 11.5 Å². The van der Waals surface area contributed by atoms with Crippen LogP contribution in [-0.4, -0.2) is 6.61 Å². The number of benzene rings is 1. The van der Waals surface area contributed by atoms with Crippen molar-refractivity contribution in [2.45, 2.75) is 32.2 Å². The van der Waals surface area contributed by atoms with E-state index in [9.17, 15) is 0 Å². The first-order chi connectivity index (χ1) is 8.99. The van der Waals surface area contributed by atoms with Crippen molar-refractivity contribution in [2.24, 2.45) is 5.73 Å². The van der Waals surface area contributed by atoms with Crippen LogP contribution in [-0.2, 0) is 5.41 Å². The third-order valence-corrected chi connectivity index (χ3v) is 3.91. The molecule has 0 fully saturated rings. The number of furan rings is 1. The van der Waals surface area contributed by atoms with Crippen molar-refractivity contribution in [3.63, 3.8) is 0 Å². The number of fused-ring (bicyclic) bond motifs is 1. The summed E-state index contributed by atoms with van der Waals surface area (Å²) in [5, 5.41) is 0. The van der Waals surface area contributed by atoms with Crippen molar-refractivity contribution in [3.8, 4) is 5.75 Å². The molecule has 0 radical (unpaired) electrons. The highest BCUT2D eigenvalue weighted by Gasteiger charge is 2.32. The molecule has 0 saturated carbocycles. The SMILES string of the molecule is Cc1occc1C(N)c1ccc2c(c1)C(C)(C)CO2. The molecule has 0 bridgehead atoms. The maximum atomic E-state index is 6.34. The second-order valence-corrected chi connectivity index (χ2v) is 5.84. The van der Waals surface area contributed by atoms with Gasteiger partial charge in [-0.05, 0) is 30.7 Å². The van der Waals surface area contributed by atoms with Gasteiger partial charge in [-0.3, -0.25) is 0 Å². The predicted octanol–water partition coefficient (Wildman–Crippen LogP) is 3.31. The normalized spacial score (nSPS) is 17.9. The minimum Gasteiger partial charge on any atom is -0.492 e. The summed E-state index contributed by atoms with van der Waals surface area (Å²) in [7, 11) is 0. The van der Waals surface area contributed by atoms with Gasteiger partial charge in [-0.1, -0.05) is 19.9 Å². The van der Waals surface area contributed by atoms with Crippen LogP contribution < -0.4 is 10.5 Å². The van der Waals surface area contributed by atoms with Crippen LogP contribution in [0.1, 0.15) is 42.3 Å². The fourth-order valence-corrected chi connectivity index (χ4v) is 2.63. The Balaban J connectivity index is 2.02. The van der Waals surface area contributed by atoms with Gasteiger partial charge >= 0.3 is 0 Å². The fraction of sp³-hybridized carbons (Fsp3) is 0.375. The Labute approximate surface area is 113 Å². The molecule has 3 rings (SSSR count). The van der Waals surface area contributed by atoms with E-state index in [1.807, 2.05) is 25.1 Å². The number of hydrogen-bond donors (Lipinski definition) is 1. The van der Waals surface area contributed by atoms with Crippen LogP contribution in [0.4, 0.5) is 0 Å². The highest BCUT2D eigenvalue weighted by Crippen LogP contribution is 2.40. The maximum absolute atomic E-state index is 6.34. The van der Waals surface area contributed by atoms with E-state index in [1.54, 1.807) is 6.26 Å². The summed E-state index contributed by atoms with van der Waals surface area (Å²) in [4.78, 5) is 0. The maximum Gasteiger partial charge on any atom is 0.123 e. The van der Waals surface area contributed by atoms with Gasteiger partial charge in [0, 0.05) is 16.5 Å². The topological polar surface area (TPSA) is 48.4 Å². The third-order valence-electron chi connectivity index (χ3n) is 3.91. The average Bonchev–Trinajstić information content (AvgIpc) is 2.93. The van der Waals surface area contributed by atoms with E-state index < -0.39 is 0 Å². The van der Waals surface area contributed by atoms with Crippen LogP contribution in [0.3, 0.4) is 0 Å². The second kappa shape index (κ2) is 4.14. The van der Waals surface area contributed by atoms with Crippen LogP contribution in [0.25, 0.3) is 0 Å². The van der Waals surface area contributed by atoms with Crippen molar-refractivity contribution >= 4 is 0 Å². The van der Waals surface area contributed by atoms with E-state index >= 15 is 0 Å². The van der Waals surface area contributed by atoms with Gasteiger partial charge < -0.3 is 14.9 Å². The van der Waals surface area contributed by atoms with Gasteiger partial charge in [-0.2, -0.15) is 0 Å². The largest absolute Gasteiger partial charge is 0.492 e. The van der Waals surface area contributed by atoms with E-state index in [2.05, 4.69) is 19.9 Å². The Kier molecular flexibility index (Phi) is 2.68. The van der Waals surface area contributed by atoms with E-state index in [0.29, 0.717) is 0 Å². The van der Waals surface area contributed by atoms with Gasteiger partial charge in [0.05, 0.1) is 18.9 Å². The zero-order chi connectivity index (χ0) is 13.6. The molecule has 3 nitrogen and oxygen atoms in total. The fourth-order valence-electron chi connectivity index (χ4n) is 2.63. The Hall–Kier alpha value is -1.74. The molecule has 2 heterocycles. The molecule has 2 N–H and O–H groups in total. The average molecular weight is 257 g/mol. The van der Waals surface area contributed by atoms with Gasteiger partial charge in [-0.25, -0.2) is 0 Å². The molecule has 19 heavy (non-hydrogen) atoms. The summed E-state index contributed by atoms with van der Waals surface area (Å²) in [6.07, 6.45) is 1.69. The smallest absolute Gasteiger partial charge is 0.123 e. The van der Waals surface area contributed by atoms with Gasteiger partial charge in [0.1, 0.15) is 11.5 Å². The van der Waals surface area contributed by atoms with Crippen LogP contribution >= 0.6 is 0 Å². The van der Waals surface area contributed by atoms with Crippen molar-refractivity contribution < 1.29 is 9.15 Å².